The lowest BCUT2D eigenvalue weighted by Gasteiger charge is -2.25. The molecule has 0 spiro atoms. The average Bonchev–Trinajstić information content (AvgIpc) is 3.20. The maximum atomic E-state index is 13.8. The van der Waals surface area contributed by atoms with E-state index in [0.717, 1.165) is 11.1 Å². The van der Waals surface area contributed by atoms with Gasteiger partial charge in [0, 0.05) is 5.69 Å². The zero-order chi connectivity index (χ0) is 25.9. The number of hydrogen-bond donors (Lipinski definition) is 1. The van der Waals surface area contributed by atoms with Gasteiger partial charge in [-0.15, -0.1) is 0 Å². The molecule has 0 saturated heterocycles. The van der Waals surface area contributed by atoms with Crippen LogP contribution in [0.15, 0.2) is 99.9 Å². The number of amides is 1. The number of carbonyl (C=O) groups is 1. The van der Waals surface area contributed by atoms with Crippen molar-refractivity contribution < 1.29 is 9.53 Å². The highest BCUT2D eigenvalue weighted by Gasteiger charge is 2.32. The number of nitrogens with zero attached hydrogens (tertiary/aromatic N) is 2. The Kier molecular flexibility index (Phi) is 7.08. The van der Waals surface area contributed by atoms with Crippen LogP contribution in [0.2, 0.25) is 5.02 Å². The van der Waals surface area contributed by atoms with Crippen LogP contribution < -0.4 is 24.9 Å². The van der Waals surface area contributed by atoms with Crippen molar-refractivity contribution >= 4 is 40.6 Å². The van der Waals surface area contributed by atoms with E-state index in [0.29, 0.717) is 43.7 Å². The van der Waals surface area contributed by atoms with Gasteiger partial charge in [0.25, 0.3) is 11.5 Å². The normalized spacial score (nSPS) is 15.2. The van der Waals surface area contributed by atoms with Crippen molar-refractivity contribution in [3.05, 3.63) is 126 Å². The molecule has 0 aliphatic carbocycles. The van der Waals surface area contributed by atoms with Gasteiger partial charge in [0.05, 0.1) is 33.5 Å². The summed E-state index contributed by atoms with van der Waals surface area (Å²) >= 11 is 7.65. The van der Waals surface area contributed by atoms with Crippen LogP contribution in [0.1, 0.15) is 31.0 Å². The summed E-state index contributed by atoms with van der Waals surface area (Å²) in [5, 5.41) is 3.43. The van der Waals surface area contributed by atoms with Crippen LogP contribution in [-0.4, -0.2) is 17.1 Å². The smallest absolute Gasteiger partial charge is 0.271 e. The van der Waals surface area contributed by atoms with E-state index >= 15 is 0 Å². The minimum Gasteiger partial charge on any atom is -0.492 e. The Morgan fingerprint density at radius 1 is 1.11 bits per heavy atom. The Morgan fingerprint density at radius 2 is 1.81 bits per heavy atom. The first-order valence-electron chi connectivity index (χ1n) is 11.8. The van der Waals surface area contributed by atoms with Crippen molar-refractivity contribution in [1.29, 1.82) is 0 Å². The summed E-state index contributed by atoms with van der Waals surface area (Å²) in [4.78, 5) is 32.5. The lowest BCUT2D eigenvalue weighted by Crippen LogP contribution is -2.40. The summed E-state index contributed by atoms with van der Waals surface area (Å²) in [7, 11) is 0. The van der Waals surface area contributed by atoms with Gasteiger partial charge in [-0.2, -0.15) is 0 Å². The van der Waals surface area contributed by atoms with E-state index < -0.39 is 6.04 Å². The van der Waals surface area contributed by atoms with Crippen molar-refractivity contribution in [2.24, 2.45) is 4.99 Å². The first-order chi connectivity index (χ1) is 18.0. The number of para-hydroxylation sites is 1. The van der Waals surface area contributed by atoms with Crippen molar-refractivity contribution in [3.8, 4) is 5.75 Å². The Bertz CT molecular complexity index is 1680. The highest BCUT2D eigenvalue weighted by Crippen LogP contribution is 2.31. The fraction of sp³-hybridized carbons (Fsp3) is 0.138. The first-order valence-corrected chi connectivity index (χ1v) is 13.0. The fourth-order valence-corrected chi connectivity index (χ4v) is 5.60. The lowest BCUT2D eigenvalue weighted by molar-refractivity contribution is -0.113. The monoisotopic (exact) mass is 529 g/mol. The van der Waals surface area contributed by atoms with E-state index in [1.54, 1.807) is 29.7 Å². The number of hydrogen-bond acceptors (Lipinski definition) is 5. The molecule has 0 saturated carbocycles. The minimum absolute atomic E-state index is 0.222. The maximum Gasteiger partial charge on any atom is 0.271 e. The van der Waals surface area contributed by atoms with Crippen LogP contribution in [0.3, 0.4) is 0 Å². The molecule has 3 aromatic carbocycles. The van der Waals surface area contributed by atoms with E-state index in [-0.39, 0.29) is 11.5 Å². The summed E-state index contributed by atoms with van der Waals surface area (Å²) in [5.41, 5.74) is 3.04. The number of carbonyl (C=O) groups excluding carboxylic acids is 1. The molecule has 6 nitrogen and oxygen atoms in total. The summed E-state index contributed by atoms with van der Waals surface area (Å²) < 4.78 is 7.62. The fourth-order valence-electron chi connectivity index (χ4n) is 4.31. The largest absolute Gasteiger partial charge is 0.492 e. The number of rotatable bonds is 6. The van der Waals surface area contributed by atoms with Gasteiger partial charge in [-0.1, -0.05) is 77.5 Å². The zero-order valence-electron chi connectivity index (χ0n) is 20.3. The quantitative estimate of drug-likeness (QED) is 0.385. The predicted octanol–water partition coefficient (Wildman–Crippen LogP) is 4.93. The lowest BCUT2D eigenvalue weighted by atomic mass is 9.95. The van der Waals surface area contributed by atoms with E-state index in [2.05, 4.69) is 10.3 Å². The molecule has 1 N–H and O–H groups in total. The van der Waals surface area contributed by atoms with E-state index in [4.69, 9.17) is 16.3 Å². The minimum atomic E-state index is -0.618. The number of anilines is 1. The molecular formula is C29H24ClN3O3S. The molecular weight excluding hydrogens is 506 g/mol. The number of ether oxygens (including phenoxy) is 1. The van der Waals surface area contributed by atoms with Gasteiger partial charge in [0.2, 0.25) is 0 Å². The molecule has 1 aliphatic rings. The summed E-state index contributed by atoms with van der Waals surface area (Å²) in [5.74, 6) is 0.297. The Morgan fingerprint density at radius 3 is 2.49 bits per heavy atom. The molecule has 0 radical (unpaired) electrons. The van der Waals surface area contributed by atoms with Crippen LogP contribution in [0, 0.1) is 0 Å². The summed E-state index contributed by atoms with van der Waals surface area (Å²) in [6, 6.07) is 23.6. The van der Waals surface area contributed by atoms with Crippen LogP contribution in [0.25, 0.3) is 6.08 Å². The topological polar surface area (TPSA) is 72.7 Å². The number of nitrogens with one attached hydrogen (secondary N) is 1. The summed E-state index contributed by atoms with van der Waals surface area (Å²) in [6.45, 7) is 4.21. The Balaban J connectivity index is 1.63. The van der Waals surface area contributed by atoms with Crippen molar-refractivity contribution in [2.45, 2.75) is 19.9 Å². The van der Waals surface area contributed by atoms with E-state index in [1.807, 2.05) is 73.7 Å². The maximum absolute atomic E-state index is 13.8. The van der Waals surface area contributed by atoms with Gasteiger partial charge >= 0.3 is 0 Å². The van der Waals surface area contributed by atoms with E-state index in [1.165, 1.54) is 11.3 Å². The van der Waals surface area contributed by atoms with Gasteiger partial charge in [0.15, 0.2) is 4.80 Å². The molecule has 8 heteroatoms. The van der Waals surface area contributed by atoms with Crippen molar-refractivity contribution in [2.75, 3.05) is 11.9 Å². The molecule has 37 heavy (non-hydrogen) atoms. The molecule has 4 aromatic rings. The van der Waals surface area contributed by atoms with Crippen LogP contribution in [-0.2, 0) is 4.79 Å². The van der Waals surface area contributed by atoms with Crippen LogP contribution in [0.4, 0.5) is 5.69 Å². The van der Waals surface area contributed by atoms with Gasteiger partial charge in [-0.05, 0) is 55.3 Å². The molecule has 5 rings (SSSR count). The highest BCUT2D eigenvalue weighted by atomic mass is 35.5. The van der Waals surface area contributed by atoms with Gasteiger partial charge in [0.1, 0.15) is 5.75 Å². The summed E-state index contributed by atoms with van der Waals surface area (Å²) in [6.07, 6.45) is 1.79. The second kappa shape index (κ2) is 10.6. The molecule has 1 amide bonds. The molecule has 0 bridgehead atoms. The van der Waals surface area contributed by atoms with Crippen LogP contribution >= 0.6 is 22.9 Å². The SMILES string of the molecule is CCOc1ccc(/C=c2/sc3n(c2=O)[C@@H](c2ccccc2)C(C(=O)Nc2ccccc2)=C(C)N=3)cc1Cl. The van der Waals surface area contributed by atoms with Crippen molar-refractivity contribution in [1.82, 2.24) is 4.57 Å². The number of benzene rings is 3. The predicted molar refractivity (Wildman–Crippen MR) is 148 cm³/mol. The zero-order valence-corrected chi connectivity index (χ0v) is 21.8. The van der Waals surface area contributed by atoms with Crippen LogP contribution in [0.5, 0.6) is 5.75 Å². The second-order valence-corrected chi connectivity index (χ2v) is 9.85. The van der Waals surface area contributed by atoms with E-state index in [9.17, 15) is 9.59 Å². The third-order valence-electron chi connectivity index (χ3n) is 5.97. The van der Waals surface area contributed by atoms with Gasteiger partial charge < -0.3 is 10.1 Å². The third-order valence-corrected chi connectivity index (χ3v) is 7.25. The average molecular weight is 530 g/mol. The number of fused-ring (bicyclic) bond motifs is 1. The molecule has 0 fully saturated rings. The van der Waals surface area contributed by atoms with Crippen molar-refractivity contribution in [3.63, 3.8) is 0 Å². The molecule has 1 aliphatic heterocycles. The van der Waals surface area contributed by atoms with Gasteiger partial charge in [-0.3, -0.25) is 14.2 Å². The number of thiazole rings is 1. The molecule has 1 aromatic heterocycles. The molecule has 1 atom stereocenters. The Hall–Kier alpha value is -3.94. The molecule has 0 unspecified atom stereocenters. The van der Waals surface area contributed by atoms with Gasteiger partial charge in [-0.25, -0.2) is 4.99 Å². The Labute approximate surface area is 222 Å². The number of aromatic nitrogens is 1. The standard InChI is InChI=1S/C29H24ClN3O3S/c1-3-36-23-15-14-19(16-22(23)30)17-24-28(35)33-26(20-10-6-4-7-11-20)25(18(2)31-29(33)37-24)27(34)32-21-12-8-5-9-13-21/h4-17,26H,3H2,1-2H3,(H,32,34)/b24-17+/t26-/m0/s1. The highest BCUT2D eigenvalue weighted by molar-refractivity contribution is 7.07. The number of halogens is 1. The second-order valence-electron chi connectivity index (χ2n) is 8.44. The molecule has 2 heterocycles. The number of allylic oxidation sites excluding steroid dienone is 1. The molecule has 186 valence electrons. The third kappa shape index (κ3) is 5.01. The first kappa shape index (κ1) is 24.7.